The Bertz CT molecular complexity index is 443. The maximum atomic E-state index is 5.54. The summed E-state index contributed by atoms with van der Waals surface area (Å²) in [5.74, 6) is 0.856. The van der Waals surface area contributed by atoms with Gasteiger partial charge in [-0.05, 0) is 23.3 Å². The molecule has 0 fully saturated rings. The molecule has 0 radical (unpaired) electrons. The van der Waals surface area contributed by atoms with Gasteiger partial charge in [0.15, 0.2) is 0 Å². The number of hydrogen-bond acceptors (Lipinski definition) is 3. The first kappa shape index (κ1) is 16.4. The van der Waals surface area contributed by atoms with E-state index in [1.54, 1.807) is 11.8 Å². The molecule has 0 spiro atoms. The number of benzene rings is 2. The summed E-state index contributed by atoms with van der Waals surface area (Å²) in [4.78, 5) is 0. The quantitative estimate of drug-likeness (QED) is 0.603. The molecule has 2 aromatic rings. The van der Waals surface area contributed by atoms with Crippen LogP contribution in [0.5, 0.6) is 0 Å². The van der Waals surface area contributed by atoms with E-state index in [4.69, 9.17) is 17.0 Å². The smallest absolute Gasteiger partial charge is 0.220 e. The first-order valence-electron chi connectivity index (χ1n) is 5.72. The third-order valence-electron chi connectivity index (χ3n) is 2.40. The molecular weight excluding hydrogens is 326 g/mol. The summed E-state index contributed by atoms with van der Waals surface area (Å²) in [7, 11) is 0. The third-order valence-corrected chi connectivity index (χ3v) is 3.70. The zero-order chi connectivity index (χ0) is 12.6. The Labute approximate surface area is 136 Å². The third kappa shape index (κ3) is 6.33. The van der Waals surface area contributed by atoms with Crippen molar-refractivity contribution in [1.82, 2.24) is 0 Å². The van der Waals surface area contributed by atoms with Gasteiger partial charge < -0.3 is 4.74 Å². The van der Waals surface area contributed by atoms with Crippen LogP contribution in [0.1, 0.15) is 11.1 Å². The monoisotopic (exact) mass is 338 g/mol. The average molecular weight is 340 g/mol. The average Bonchev–Trinajstić information content (AvgIpc) is 2.45. The molecule has 0 aliphatic heterocycles. The minimum absolute atomic E-state index is 0. The standard InChI is InChI=1S/C15H14OS2.Zn/c17-15(16-11-13-7-3-1-4-8-13)18-12-14-9-5-2-6-10-14;/h1-10H,11-12H2;. The maximum absolute atomic E-state index is 5.54. The first-order chi connectivity index (χ1) is 8.84. The van der Waals surface area contributed by atoms with Crippen LogP contribution in [0.3, 0.4) is 0 Å². The van der Waals surface area contributed by atoms with E-state index < -0.39 is 0 Å². The van der Waals surface area contributed by atoms with Gasteiger partial charge in [-0.3, -0.25) is 0 Å². The Kier molecular flexibility index (Phi) is 7.96. The van der Waals surface area contributed by atoms with Gasteiger partial charge in [-0.25, -0.2) is 0 Å². The van der Waals surface area contributed by atoms with Gasteiger partial charge in [0, 0.05) is 25.2 Å². The Hall–Kier alpha value is -0.697. The van der Waals surface area contributed by atoms with Crippen LogP contribution in [-0.2, 0) is 36.6 Å². The van der Waals surface area contributed by atoms with Gasteiger partial charge >= 0.3 is 0 Å². The van der Waals surface area contributed by atoms with Crippen LogP contribution in [-0.4, -0.2) is 4.38 Å². The molecular formula is C15H14OS2Zn. The van der Waals surface area contributed by atoms with Crippen molar-refractivity contribution in [3.8, 4) is 0 Å². The van der Waals surface area contributed by atoms with Crippen LogP contribution in [0.2, 0.25) is 0 Å². The number of thiocarbonyl (C=S) groups is 1. The Morgan fingerprint density at radius 2 is 1.42 bits per heavy atom. The normalized spacial score (nSPS) is 9.47. The number of hydrogen-bond donors (Lipinski definition) is 0. The van der Waals surface area contributed by atoms with Crippen LogP contribution in [0.25, 0.3) is 0 Å². The van der Waals surface area contributed by atoms with Crippen molar-refractivity contribution in [3.63, 3.8) is 0 Å². The molecule has 19 heavy (non-hydrogen) atoms. The minimum Gasteiger partial charge on any atom is -0.474 e. The molecule has 0 bridgehead atoms. The van der Waals surface area contributed by atoms with Gasteiger partial charge in [-0.2, -0.15) is 0 Å². The van der Waals surface area contributed by atoms with Crippen LogP contribution >= 0.6 is 24.0 Å². The summed E-state index contributed by atoms with van der Waals surface area (Å²) >= 11 is 6.75. The summed E-state index contributed by atoms with van der Waals surface area (Å²) in [6.45, 7) is 0.543. The largest absolute Gasteiger partial charge is 0.474 e. The molecule has 0 saturated heterocycles. The van der Waals surface area contributed by atoms with Gasteiger partial charge in [0.05, 0.1) is 0 Å². The van der Waals surface area contributed by atoms with Crippen molar-refractivity contribution < 1.29 is 24.2 Å². The summed E-state index contributed by atoms with van der Waals surface area (Å²) in [6, 6.07) is 20.3. The van der Waals surface area contributed by atoms with Crippen LogP contribution in [0.4, 0.5) is 0 Å². The van der Waals surface area contributed by atoms with Crippen LogP contribution in [0.15, 0.2) is 60.7 Å². The number of rotatable bonds is 4. The summed E-state index contributed by atoms with van der Waals surface area (Å²) in [6.07, 6.45) is 0. The molecule has 4 heteroatoms. The fraction of sp³-hybridized carbons (Fsp3) is 0.133. The van der Waals surface area contributed by atoms with E-state index in [1.807, 2.05) is 48.5 Å². The van der Waals surface area contributed by atoms with Gasteiger partial charge in [0.2, 0.25) is 4.38 Å². The summed E-state index contributed by atoms with van der Waals surface area (Å²) < 4.78 is 6.14. The summed E-state index contributed by atoms with van der Waals surface area (Å²) in [5, 5.41) is 0. The molecule has 2 rings (SSSR count). The van der Waals surface area contributed by atoms with Crippen LogP contribution in [0, 0.1) is 0 Å². The topological polar surface area (TPSA) is 9.23 Å². The van der Waals surface area contributed by atoms with E-state index in [0.29, 0.717) is 11.0 Å². The van der Waals surface area contributed by atoms with Crippen LogP contribution < -0.4 is 0 Å². The maximum Gasteiger partial charge on any atom is 0.220 e. The first-order valence-corrected chi connectivity index (χ1v) is 7.11. The zero-order valence-electron chi connectivity index (χ0n) is 10.6. The second-order valence-electron chi connectivity index (χ2n) is 3.80. The number of ether oxygens (including phenoxy) is 1. The Morgan fingerprint density at radius 1 is 0.895 bits per heavy atom. The SMILES string of the molecule is S=C(OCc1ccccc1)SCc1ccccc1.[Zn]. The molecule has 0 N–H and O–H groups in total. The van der Waals surface area contributed by atoms with Crippen molar-refractivity contribution in [2.45, 2.75) is 12.4 Å². The molecule has 0 unspecified atom stereocenters. The van der Waals surface area contributed by atoms with E-state index in [1.165, 1.54) is 5.56 Å². The zero-order valence-corrected chi connectivity index (χ0v) is 15.2. The predicted molar refractivity (Wildman–Crippen MR) is 81.6 cm³/mol. The second kappa shape index (κ2) is 9.25. The van der Waals surface area contributed by atoms with E-state index in [-0.39, 0.29) is 19.5 Å². The fourth-order valence-corrected chi connectivity index (χ4v) is 2.33. The Morgan fingerprint density at radius 3 is 2.00 bits per heavy atom. The van der Waals surface area contributed by atoms with E-state index >= 15 is 0 Å². The van der Waals surface area contributed by atoms with E-state index in [9.17, 15) is 0 Å². The molecule has 0 heterocycles. The fourth-order valence-electron chi connectivity index (χ4n) is 1.47. The minimum atomic E-state index is 0. The van der Waals surface area contributed by atoms with Gasteiger partial charge in [0.1, 0.15) is 6.61 Å². The van der Waals surface area contributed by atoms with Crippen molar-refractivity contribution in [1.29, 1.82) is 0 Å². The molecule has 0 saturated carbocycles. The molecule has 0 atom stereocenters. The van der Waals surface area contributed by atoms with Gasteiger partial charge in [0.25, 0.3) is 0 Å². The van der Waals surface area contributed by atoms with Crippen molar-refractivity contribution in [2.24, 2.45) is 0 Å². The van der Waals surface area contributed by atoms with Gasteiger partial charge in [-0.1, -0.05) is 72.4 Å². The summed E-state index contributed by atoms with van der Waals surface area (Å²) in [5.41, 5.74) is 2.40. The van der Waals surface area contributed by atoms with Crippen molar-refractivity contribution in [2.75, 3.05) is 0 Å². The molecule has 0 aromatic heterocycles. The number of thioether (sulfide) groups is 1. The molecule has 0 aliphatic rings. The molecule has 0 amide bonds. The van der Waals surface area contributed by atoms with E-state index in [0.717, 1.165) is 11.3 Å². The van der Waals surface area contributed by atoms with Gasteiger partial charge in [-0.15, -0.1) is 0 Å². The molecule has 0 aliphatic carbocycles. The molecule has 2 aromatic carbocycles. The van der Waals surface area contributed by atoms with E-state index in [2.05, 4.69) is 12.1 Å². The molecule has 94 valence electrons. The predicted octanol–water partition coefficient (Wildman–Crippen LogP) is 4.42. The molecule has 1 nitrogen and oxygen atoms in total. The Balaban J connectivity index is 0.00000180. The second-order valence-corrected chi connectivity index (χ2v) is 5.38. The van der Waals surface area contributed by atoms with Crippen molar-refractivity contribution >= 4 is 28.4 Å². The van der Waals surface area contributed by atoms with Crippen molar-refractivity contribution in [3.05, 3.63) is 71.8 Å².